The molecule has 0 saturated heterocycles. The predicted octanol–water partition coefficient (Wildman–Crippen LogP) is 8.67. The van der Waals surface area contributed by atoms with Gasteiger partial charge in [-0.2, -0.15) is 0 Å². The monoisotopic (exact) mass is 422 g/mol. The van der Waals surface area contributed by atoms with Crippen molar-refractivity contribution in [2.75, 3.05) is 6.61 Å². The Labute approximate surface area is 188 Å². The Bertz CT molecular complexity index is 885. The minimum atomic E-state index is -0.0145. The predicted molar refractivity (Wildman–Crippen MR) is 129 cm³/mol. The van der Waals surface area contributed by atoms with Crippen molar-refractivity contribution in [2.45, 2.75) is 78.1 Å². The second-order valence-corrected chi connectivity index (χ2v) is 9.96. The Morgan fingerprint density at radius 2 is 1.65 bits per heavy atom. The molecule has 0 bridgehead atoms. The van der Waals surface area contributed by atoms with Gasteiger partial charge in [0.2, 0.25) is 0 Å². The van der Waals surface area contributed by atoms with E-state index < -0.39 is 0 Å². The number of allylic oxidation sites excluding steroid dienone is 2. The summed E-state index contributed by atoms with van der Waals surface area (Å²) in [6.07, 6.45) is 14.9. The molecule has 2 heteroatoms. The minimum absolute atomic E-state index is 0.0145. The molecule has 2 saturated carbocycles. The first-order chi connectivity index (χ1) is 15.1. The molecule has 0 radical (unpaired) electrons. The zero-order valence-corrected chi connectivity index (χ0v) is 19.6. The van der Waals surface area contributed by atoms with Crippen LogP contribution >= 0.6 is 0 Å². The fourth-order valence-electron chi connectivity index (χ4n) is 6.33. The molecule has 168 valence electrons. The van der Waals surface area contributed by atoms with Crippen LogP contribution in [-0.2, 0) is 0 Å². The Hall–Kier alpha value is -1.83. The van der Waals surface area contributed by atoms with Crippen LogP contribution < -0.4 is 4.74 Å². The second kappa shape index (κ2) is 10.2. The van der Waals surface area contributed by atoms with Crippen LogP contribution in [0.2, 0.25) is 0 Å². The molecule has 0 aliphatic heterocycles. The number of ether oxygens (including phenoxy) is 1. The molecule has 0 spiro atoms. The third-order valence-corrected chi connectivity index (χ3v) is 8.25. The number of benzene rings is 2. The average Bonchev–Trinajstić information content (AvgIpc) is 2.80. The van der Waals surface area contributed by atoms with Gasteiger partial charge >= 0.3 is 0 Å². The molecule has 2 aliphatic carbocycles. The van der Waals surface area contributed by atoms with Gasteiger partial charge in [0.15, 0.2) is 0 Å². The van der Waals surface area contributed by atoms with Crippen molar-refractivity contribution in [1.29, 1.82) is 0 Å². The van der Waals surface area contributed by atoms with Crippen molar-refractivity contribution in [2.24, 2.45) is 23.7 Å². The van der Waals surface area contributed by atoms with E-state index in [0.717, 1.165) is 58.6 Å². The zero-order valence-electron chi connectivity index (χ0n) is 19.6. The van der Waals surface area contributed by atoms with Crippen LogP contribution in [0.4, 0.5) is 4.39 Å². The van der Waals surface area contributed by atoms with Crippen molar-refractivity contribution >= 4 is 10.8 Å². The largest absolute Gasteiger partial charge is 0.494 e. The quantitative estimate of drug-likeness (QED) is 0.423. The highest BCUT2D eigenvalue weighted by molar-refractivity contribution is 5.85. The van der Waals surface area contributed by atoms with Gasteiger partial charge < -0.3 is 4.74 Å². The summed E-state index contributed by atoms with van der Waals surface area (Å²) in [6, 6.07) is 9.84. The van der Waals surface area contributed by atoms with Crippen LogP contribution in [0.15, 0.2) is 42.5 Å². The molecular weight excluding hydrogens is 383 g/mol. The summed E-state index contributed by atoms with van der Waals surface area (Å²) in [5.41, 5.74) is 0.926. The highest BCUT2D eigenvalue weighted by Gasteiger charge is 2.33. The average molecular weight is 423 g/mol. The van der Waals surface area contributed by atoms with E-state index in [4.69, 9.17) is 4.74 Å². The number of hydrogen-bond acceptors (Lipinski definition) is 1. The van der Waals surface area contributed by atoms with Gasteiger partial charge in [-0.15, -0.1) is 0 Å². The van der Waals surface area contributed by atoms with Gasteiger partial charge in [0.05, 0.1) is 6.61 Å². The zero-order chi connectivity index (χ0) is 21.8. The van der Waals surface area contributed by atoms with Crippen LogP contribution in [0.5, 0.6) is 5.75 Å². The van der Waals surface area contributed by atoms with Gasteiger partial charge in [-0.05, 0) is 124 Å². The molecule has 0 N–H and O–H groups in total. The molecular formula is C29H39FO. The van der Waals surface area contributed by atoms with Gasteiger partial charge in [-0.3, -0.25) is 0 Å². The van der Waals surface area contributed by atoms with Gasteiger partial charge in [0, 0.05) is 5.39 Å². The van der Waals surface area contributed by atoms with Gasteiger partial charge in [0.25, 0.3) is 0 Å². The van der Waals surface area contributed by atoms with Crippen molar-refractivity contribution in [3.05, 3.63) is 53.9 Å². The molecule has 2 fully saturated rings. The molecule has 0 aromatic heterocycles. The molecule has 4 rings (SSSR count). The van der Waals surface area contributed by atoms with E-state index in [1.807, 2.05) is 31.2 Å². The molecule has 2 aromatic rings. The maximum Gasteiger partial charge on any atom is 0.134 e. The van der Waals surface area contributed by atoms with E-state index in [9.17, 15) is 0 Å². The number of halogens is 1. The summed E-state index contributed by atoms with van der Waals surface area (Å²) in [4.78, 5) is 0. The van der Waals surface area contributed by atoms with Gasteiger partial charge in [-0.25, -0.2) is 4.39 Å². The molecule has 1 nitrogen and oxygen atoms in total. The Kier molecular flexibility index (Phi) is 7.35. The summed E-state index contributed by atoms with van der Waals surface area (Å²) in [5.74, 6) is 4.49. The third-order valence-electron chi connectivity index (χ3n) is 8.25. The van der Waals surface area contributed by atoms with Crippen LogP contribution in [0, 0.1) is 29.5 Å². The van der Waals surface area contributed by atoms with E-state index in [0.29, 0.717) is 12.5 Å². The molecule has 0 heterocycles. The highest BCUT2D eigenvalue weighted by Crippen LogP contribution is 2.45. The van der Waals surface area contributed by atoms with E-state index in [2.05, 4.69) is 32.1 Å². The van der Waals surface area contributed by atoms with Crippen molar-refractivity contribution in [3.8, 4) is 5.75 Å². The number of hydrogen-bond donors (Lipinski definition) is 0. The Balaban J connectivity index is 1.38. The lowest BCUT2D eigenvalue weighted by Crippen LogP contribution is -2.28. The van der Waals surface area contributed by atoms with Crippen LogP contribution in [0.25, 0.3) is 10.8 Å². The van der Waals surface area contributed by atoms with Crippen LogP contribution in [0.3, 0.4) is 0 Å². The molecule has 2 aliphatic rings. The topological polar surface area (TPSA) is 9.23 Å². The van der Waals surface area contributed by atoms with Crippen molar-refractivity contribution < 1.29 is 9.13 Å². The van der Waals surface area contributed by atoms with Crippen molar-refractivity contribution in [1.82, 2.24) is 0 Å². The molecule has 1 atom stereocenters. The number of rotatable bonds is 6. The lowest BCUT2D eigenvalue weighted by Gasteiger charge is -2.39. The summed E-state index contributed by atoms with van der Waals surface area (Å²) in [5, 5.41) is 1.66. The highest BCUT2D eigenvalue weighted by atomic mass is 19.1. The lowest BCUT2D eigenvalue weighted by atomic mass is 9.67. The van der Waals surface area contributed by atoms with Crippen molar-refractivity contribution in [3.63, 3.8) is 0 Å². The normalized spacial score (nSPS) is 28.1. The van der Waals surface area contributed by atoms with Gasteiger partial charge in [0.1, 0.15) is 11.6 Å². The lowest BCUT2D eigenvalue weighted by molar-refractivity contribution is 0.142. The Morgan fingerprint density at radius 3 is 2.29 bits per heavy atom. The van der Waals surface area contributed by atoms with Gasteiger partial charge in [-0.1, -0.05) is 31.2 Å². The van der Waals surface area contributed by atoms with E-state index in [1.54, 1.807) is 0 Å². The van der Waals surface area contributed by atoms with E-state index in [1.165, 1.54) is 38.5 Å². The smallest absolute Gasteiger partial charge is 0.134 e. The first-order valence-electron chi connectivity index (χ1n) is 12.6. The van der Waals surface area contributed by atoms with Crippen LogP contribution in [0.1, 0.15) is 83.6 Å². The first-order valence-corrected chi connectivity index (χ1v) is 12.6. The number of fused-ring (bicyclic) bond motifs is 1. The maximum absolute atomic E-state index is 15.4. The second-order valence-electron chi connectivity index (χ2n) is 9.96. The fourth-order valence-corrected chi connectivity index (χ4v) is 6.33. The first kappa shape index (κ1) is 22.4. The third kappa shape index (κ3) is 4.99. The summed E-state index contributed by atoms with van der Waals surface area (Å²) in [6.45, 7) is 7.24. The standard InChI is InChI=1S/C29H39FO/c1-4-6-21-7-9-22(10-8-21)20(3)23-11-13-24(14-12-23)27-17-15-25-19-26(31-5-2)16-18-28(25)29(27)30/h4,6,15-24H,5,7-14H2,1-3H3/b6-4+. The fraction of sp³-hybridized carbons (Fsp3) is 0.586. The molecule has 1 unspecified atom stereocenters. The SMILES string of the molecule is C/C=C/C1CCC(C(C)C2CCC(c3ccc4cc(OCC)ccc4c3F)CC2)CC1. The molecule has 0 amide bonds. The molecule has 2 aromatic carbocycles. The van der Waals surface area contributed by atoms with E-state index in [-0.39, 0.29) is 5.82 Å². The summed E-state index contributed by atoms with van der Waals surface area (Å²) >= 11 is 0. The summed E-state index contributed by atoms with van der Waals surface area (Å²) < 4.78 is 20.9. The molecule has 31 heavy (non-hydrogen) atoms. The Morgan fingerprint density at radius 1 is 0.968 bits per heavy atom. The van der Waals surface area contributed by atoms with Crippen LogP contribution in [-0.4, -0.2) is 6.61 Å². The summed E-state index contributed by atoms with van der Waals surface area (Å²) in [7, 11) is 0. The minimum Gasteiger partial charge on any atom is -0.494 e. The van der Waals surface area contributed by atoms with E-state index >= 15 is 4.39 Å². The maximum atomic E-state index is 15.4.